The minimum atomic E-state index is -3.35. The molecule has 0 radical (unpaired) electrons. The van der Waals surface area contributed by atoms with E-state index in [0.29, 0.717) is 16.8 Å². The van der Waals surface area contributed by atoms with E-state index in [1.54, 1.807) is 25.1 Å². The number of amides is 1. The third-order valence-electron chi connectivity index (χ3n) is 3.13. The largest absolute Gasteiger partial charge is 0.322 e. The normalized spacial score (nSPS) is 11.2. The van der Waals surface area contributed by atoms with E-state index in [1.807, 2.05) is 25.1 Å². The highest BCUT2D eigenvalue weighted by Gasteiger charge is 2.14. The SMILES string of the molecule is Cc1cccc(NC(=O)c2ccc(C)c(S(C)(=O)=O)c2)c1. The molecule has 4 nitrogen and oxygen atoms in total. The average molecular weight is 303 g/mol. The summed E-state index contributed by atoms with van der Waals surface area (Å²) >= 11 is 0. The van der Waals surface area contributed by atoms with Crippen molar-refractivity contribution < 1.29 is 13.2 Å². The van der Waals surface area contributed by atoms with Crippen LogP contribution in [0.3, 0.4) is 0 Å². The molecule has 0 aromatic heterocycles. The number of carbonyl (C=O) groups is 1. The van der Waals surface area contributed by atoms with E-state index in [0.717, 1.165) is 11.8 Å². The Morgan fingerprint density at radius 3 is 2.38 bits per heavy atom. The van der Waals surface area contributed by atoms with Crippen molar-refractivity contribution in [1.29, 1.82) is 0 Å². The van der Waals surface area contributed by atoms with Gasteiger partial charge < -0.3 is 5.32 Å². The van der Waals surface area contributed by atoms with Crippen molar-refractivity contribution in [3.8, 4) is 0 Å². The van der Waals surface area contributed by atoms with Gasteiger partial charge >= 0.3 is 0 Å². The van der Waals surface area contributed by atoms with Crippen molar-refractivity contribution in [1.82, 2.24) is 0 Å². The first-order chi connectivity index (χ1) is 9.77. The first-order valence-electron chi connectivity index (χ1n) is 6.46. The summed E-state index contributed by atoms with van der Waals surface area (Å²) in [7, 11) is -3.35. The van der Waals surface area contributed by atoms with Gasteiger partial charge in [-0.2, -0.15) is 0 Å². The van der Waals surface area contributed by atoms with Gasteiger partial charge in [-0.25, -0.2) is 8.42 Å². The van der Waals surface area contributed by atoms with Crippen molar-refractivity contribution in [2.24, 2.45) is 0 Å². The molecule has 5 heteroatoms. The molecule has 0 heterocycles. The molecule has 0 unspecified atom stereocenters. The highest BCUT2D eigenvalue weighted by Crippen LogP contribution is 2.18. The number of benzene rings is 2. The second-order valence-corrected chi connectivity index (χ2v) is 7.06. The summed E-state index contributed by atoms with van der Waals surface area (Å²) in [4.78, 5) is 12.4. The van der Waals surface area contributed by atoms with Crippen LogP contribution in [0, 0.1) is 13.8 Å². The Kier molecular flexibility index (Phi) is 4.14. The summed E-state index contributed by atoms with van der Waals surface area (Å²) < 4.78 is 23.4. The molecule has 0 saturated carbocycles. The molecule has 0 spiro atoms. The summed E-state index contributed by atoms with van der Waals surface area (Å²) in [6.07, 6.45) is 1.14. The average Bonchev–Trinajstić information content (AvgIpc) is 2.37. The van der Waals surface area contributed by atoms with Crippen LogP contribution in [-0.4, -0.2) is 20.6 Å². The first-order valence-corrected chi connectivity index (χ1v) is 8.35. The molecule has 2 rings (SSSR count). The number of carbonyl (C=O) groups excluding carboxylic acids is 1. The van der Waals surface area contributed by atoms with Gasteiger partial charge in [0.25, 0.3) is 5.91 Å². The second kappa shape index (κ2) is 5.69. The van der Waals surface area contributed by atoms with Crippen molar-refractivity contribution in [2.45, 2.75) is 18.7 Å². The zero-order chi connectivity index (χ0) is 15.6. The molecule has 110 valence electrons. The smallest absolute Gasteiger partial charge is 0.255 e. The van der Waals surface area contributed by atoms with Crippen molar-refractivity contribution in [2.75, 3.05) is 11.6 Å². The molecule has 0 saturated heterocycles. The van der Waals surface area contributed by atoms with Gasteiger partial charge in [0.05, 0.1) is 4.90 Å². The molecule has 1 N–H and O–H groups in total. The van der Waals surface area contributed by atoms with E-state index in [9.17, 15) is 13.2 Å². The Balaban J connectivity index is 2.32. The van der Waals surface area contributed by atoms with Gasteiger partial charge in [0, 0.05) is 17.5 Å². The fourth-order valence-corrected chi connectivity index (χ4v) is 3.06. The lowest BCUT2D eigenvalue weighted by molar-refractivity contribution is 0.102. The molecule has 0 fully saturated rings. The number of hydrogen-bond acceptors (Lipinski definition) is 3. The lowest BCUT2D eigenvalue weighted by atomic mass is 10.1. The number of rotatable bonds is 3. The Morgan fingerprint density at radius 2 is 1.76 bits per heavy atom. The summed E-state index contributed by atoms with van der Waals surface area (Å²) in [5, 5.41) is 2.76. The zero-order valence-electron chi connectivity index (χ0n) is 12.2. The third-order valence-corrected chi connectivity index (χ3v) is 4.36. The number of aryl methyl sites for hydroxylation is 2. The lowest BCUT2D eigenvalue weighted by Crippen LogP contribution is -2.13. The Bertz CT molecular complexity index is 795. The van der Waals surface area contributed by atoms with E-state index >= 15 is 0 Å². The molecule has 0 aliphatic rings. The molecule has 2 aromatic carbocycles. The highest BCUT2D eigenvalue weighted by molar-refractivity contribution is 7.90. The van der Waals surface area contributed by atoms with Crippen LogP contribution < -0.4 is 5.32 Å². The maximum Gasteiger partial charge on any atom is 0.255 e. The molecular weight excluding hydrogens is 286 g/mol. The maximum absolute atomic E-state index is 12.2. The van der Waals surface area contributed by atoms with Crippen LogP contribution in [0.1, 0.15) is 21.5 Å². The predicted octanol–water partition coefficient (Wildman–Crippen LogP) is 2.96. The quantitative estimate of drug-likeness (QED) is 0.948. The highest BCUT2D eigenvalue weighted by atomic mass is 32.2. The van der Waals surface area contributed by atoms with Gasteiger partial charge in [-0.1, -0.05) is 18.2 Å². The van der Waals surface area contributed by atoms with Crippen LogP contribution >= 0.6 is 0 Å². The van der Waals surface area contributed by atoms with Gasteiger partial charge in [-0.3, -0.25) is 4.79 Å². The molecule has 0 atom stereocenters. The fourth-order valence-electron chi connectivity index (χ4n) is 2.07. The first kappa shape index (κ1) is 15.3. The van der Waals surface area contributed by atoms with E-state index in [-0.39, 0.29) is 10.8 Å². The number of hydrogen-bond donors (Lipinski definition) is 1. The fraction of sp³-hybridized carbons (Fsp3) is 0.188. The minimum Gasteiger partial charge on any atom is -0.322 e. The van der Waals surface area contributed by atoms with Crippen molar-refractivity contribution in [3.63, 3.8) is 0 Å². The molecule has 0 aliphatic heterocycles. The van der Waals surface area contributed by atoms with E-state index in [2.05, 4.69) is 5.32 Å². The maximum atomic E-state index is 12.2. The standard InChI is InChI=1S/C16H17NO3S/c1-11-5-4-6-14(9-11)17-16(18)13-8-7-12(2)15(10-13)21(3,19)20/h4-10H,1-3H3,(H,17,18). The monoisotopic (exact) mass is 303 g/mol. The molecule has 0 aliphatic carbocycles. The molecule has 1 amide bonds. The number of anilines is 1. The summed E-state index contributed by atoms with van der Waals surface area (Å²) in [5.74, 6) is -0.328. The third kappa shape index (κ3) is 3.70. The van der Waals surface area contributed by atoms with Gasteiger partial charge in [0.15, 0.2) is 9.84 Å². The Morgan fingerprint density at radius 1 is 1.05 bits per heavy atom. The summed E-state index contributed by atoms with van der Waals surface area (Å²) in [5.41, 5.74) is 2.67. The zero-order valence-corrected chi connectivity index (χ0v) is 13.0. The second-order valence-electron chi connectivity index (χ2n) is 5.08. The van der Waals surface area contributed by atoms with Gasteiger partial charge in [0.2, 0.25) is 0 Å². The summed E-state index contributed by atoms with van der Waals surface area (Å²) in [6.45, 7) is 3.64. The number of nitrogens with one attached hydrogen (secondary N) is 1. The van der Waals surface area contributed by atoms with Crippen molar-refractivity contribution in [3.05, 3.63) is 59.2 Å². The van der Waals surface area contributed by atoms with Crippen LogP contribution in [0.4, 0.5) is 5.69 Å². The van der Waals surface area contributed by atoms with Crippen LogP contribution in [-0.2, 0) is 9.84 Å². The minimum absolute atomic E-state index is 0.180. The molecular formula is C16H17NO3S. The van der Waals surface area contributed by atoms with E-state index < -0.39 is 9.84 Å². The Hall–Kier alpha value is -2.14. The summed E-state index contributed by atoms with van der Waals surface area (Å²) in [6, 6.07) is 12.1. The topological polar surface area (TPSA) is 63.2 Å². The van der Waals surface area contributed by atoms with Crippen LogP contribution in [0.15, 0.2) is 47.4 Å². The van der Waals surface area contributed by atoms with E-state index in [4.69, 9.17) is 0 Å². The molecule has 0 bridgehead atoms. The van der Waals surface area contributed by atoms with E-state index in [1.165, 1.54) is 6.07 Å². The van der Waals surface area contributed by atoms with Gasteiger partial charge in [-0.05, 0) is 49.2 Å². The van der Waals surface area contributed by atoms with Crippen LogP contribution in [0.5, 0.6) is 0 Å². The van der Waals surface area contributed by atoms with Crippen molar-refractivity contribution >= 4 is 21.4 Å². The van der Waals surface area contributed by atoms with Gasteiger partial charge in [0.1, 0.15) is 0 Å². The molecule has 21 heavy (non-hydrogen) atoms. The number of sulfone groups is 1. The van der Waals surface area contributed by atoms with Gasteiger partial charge in [-0.15, -0.1) is 0 Å². The predicted molar refractivity (Wildman–Crippen MR) is 83.4 cm³/mol. The Labute approximate surface area is 124 Å². The molecule has 2 aromatic rings. The van der Waals surface area contributed by atoms with Crippen LogP contribution in [0.2, 0.25) is 0 Å². The van der Waals surface area contributed by atoms with Crippen LogP contribution in [0.25, 0.3) is 0 Å². The lowest BCUT2D eigenvalue weighted by Gasteiger charge is -2.09.